The van der Waals surface area contributed by atoms with Gasteiger partial charge in [-0.1, -0.05) is 23.5 Å². The number of rotatable bonds is 2. The van der Waals surface area contributed by atoms with Crippen molar-refractivity contribution < 1.29 is 13.9 Å². The van der Waals surface area contributed by atoms with Crippen LogP contribution < -0.4 is 10.1 Å². The molecule has 0 spiro atoms. The van der Waals surface area contributed by atoms with Gasteiger partial charge in [-0.05, 0) is 55.3 Å². The molecule has 0 amide bonds. The molecular formula is C24H16N2O4S. The Hall–Kier alpha value is -3.71. The van der Waals surface area contributed by atoms with Gasteiger partial charge >= 0.3 is 5.97 Å². The van der Waals surface area contributed by atoms with Crippen LogP contribution in [0.1, 0.15) is 32.8 Å². The third-order valence-corrected chi connectivity index (χ3v) is 6.77. The van der Waals surface area contributed by atoms with E-state index in [0.717, 1.165) is 33.3 Å². The second kappa shape index (κ2) is 6.39. The summed E-state index contributed by atoms with van der Waals surface area (Å²) in [5, 5.41) is 0. The van der Waals surface area contributed by atoms with Crippen molar-refractivity contribution >= 4 is 39.4 Å². The summed E-state index contributed by atoms with van der Waals surface area (Å²) < 4.78 is 13.3. The van der Waals surface area contributed by atoms with E-state index in [1.165, 1.54) is 11.3 Å². The van der Waals surface area contributed by atoms with Crippen LogP contribution in [0.2, 0.25) is 0 Å². The van der Waals surface area contributed by atoms with Crippen molar-refractivity contribution in [3.8, 4) is 11.3 Å². The number of hydrogen-bond acceptors (Lipinski definition) is 6. The second-order valence-corrected chi connectivity index (χ2v) is 8.68. The van der Waals surface area contributed by atoms with Gasteiger partial charge in [-0.2, -0.15) is 0 Å². The summed E-state index contributed by atoms with van der Waals surface area (Å²) in [5.74, 6) is 0.957. The zero-order valence-electron chi connectivity index (χ0n) is 16.8. The van der Waals surface area contributed by atoms with Gasteiger partial charge in [0.15, 0.2) is 4.96 Å². The number of furan rings is 1. The summed E-state index contributed by atoms with van der Waals surface area (Å²) in [6.45, 7) is 4.35. The molecule has 1 aliphatic rings. The number of nitrogens with zero attached hydrogens (tertiary/aromatic N) is 2. The number of fused-ring (bicyclic) bond motifs is 4. The predicted octanol–water partition coefficient (Wildman–Crippen LogP) is 4.00. The maximum Gasteiger partial charge on any atom is 0.338 e. The number of aromatic nitrogens is 2. The van der Waals surface area contributed by atoms with Gasteiger partial charge in [-0.15, -0.1) is 0 Å². The minimum Gasteiger partial charge on any atom is -0.457 e. The highest BCUT2D eigenvalue weighted by molar-refractivity contribution is 7.15. The SMILES string of the molecule is Cc1ccc2c(nc3s/c(=C/c4ccc(-c5ccc6c(c5)COC6=O)o4)c(=O)n32)c1C. The van der Waals surface area contributed by atoms with Crippen LogP contribution in [0.4, 0.5) is 0 Å². The number of ether oxygens (including phenoxy) is 1. The van der Waals surface area contributed by atoms with E-state index in [4.69, 9.17) is 9.15 Å². The Kier molecular flexibility index (Phi) is 3.73. The number of hydrogen-bond donors (Lipinski definition) is 0. The first-order chi connectivity index (χ1) is 15.0. The molecule has 2 aromatic carbocycles. The Morgan fingerprint density at radius 3 is 2.84 bits per heavy atom. The van der Waals surface area contributed by atoms with E-state index in [1.54, 1.807) is 16.5 Å². The van der Waals surface area contributed by atoms with Crippen molar-refractivity contribution in [2.24, 2.45) is 0 Å². The van der Waals surface area contributed by atoms with Crippen molar-refractivity contribution in [3.63, 3.8) is 0 Å². The molecule has 0 radical (unpaired) electrons. The molecule has 0 fully saturated rings. The average Bonchev–Trinajstić information content (AvgIpc) is 3.52. The minimum absolute atomic E-state index is 0.100. The van der Waals surface area contributed by atoms with Crippen LogP contribution in [-0.4, -0.2) is 15.4 Å². The van der Waals surface area contributed by atoms with Crippen LogP contribution in [0.15, 0.2) is 51.7 Å². The Morgan fingerprint density at radius 1 is 1.10 bits per heavy atom. The number of esters is 1. The zero-order chi connectivity index (χ0) is 21.3. The van der Waals surface area contributed by atoms with Crippen LogP contribution in [0.3, 0.4) is 0 Å². The van der Waals surface area contributed by atoms with E-state index in [2.05, 4.69) is 4.98 Å². The molecule has 6 rings (SSSR count). The van der Waals surface area contributed by atoms with Gasteiger partial charge in [-0.3, -0.25) is 4.79 Å². The molecule has 0 unspecified atom stereocenters. The van der Waals surface area contributed by atoms with Crippen LogP contribution in [0.25, 0.3) is 33.4 Å². The maximum atomic E-state index is 13.1. The average molecular weight is 428 g/mol. The van der Waals surface area contributed by atoms with E-state index >= 15 is 0 Å². The van der Waals surface area contributed by atoms with Crippen LogP contribution in [-0.2, 0) is 11.3 Å². The lowest BCUT2D eigenvalue weighted by Gasteiger charge is -1.99. The monoisotopic (exact) mass is 428 g/mol. The predicted molar refractivity (Wildman–Crippen MR) is 118 cm³/mol. The van der Waals surface area contributed by atoms with Gasteiger partial charge in [-0.25, -0.2) is 14.2 Å². The van der Waals surface area contributed by atoms with E-state index in [9.17, 15) is 9.59 Å². The molecule has 0 N–H and O–H groups in total. The molecule has 31 heavy (non-hydrogen) atoms. The van der Waals surface area contributed by atoms with Crippen LogP contribution >= 0.6 is 11.3 Å². The summed E-state index contributed by atoms with van der Waals surface area (Å²) in [6, 6.07) is 13.1. The third-order valence-electron chi connectivity index (χ3n) is 5.80. The lowest BCUT2D eigenvalue weighted by Crippen LogP contribution is -2.22. The first-order valence-electron chi connectivity index (χ1n) is 9.83. The molecule has 3 aromatic heterocycles. The van der Waals surface area contributed by atoms with E-state index in [-0.39, 0.29) is 18.1 Å². The highest BCUT2D eigenvalue weighted by Gasteiger charge is 2.21. The van der Waals surface area contributed by atoms with Gasteiger partial charge in [0.25, 0.3) is 5.56 Å². The van der Waals surface area contributed by atoms with Gasteiger partial charge in [0.05, 0.1) is 16.6 Å². The van der Waals surface area contributed by atoms with Gasteiger partial charge in [0.2, 0.25) is 0 Å². The summed E-state index contributed by atoms with van der Waals surface area (Å²) in [6.07, 6.45) is 1.75. The van der Waals surface area contributed by atoms with E-state index in [1.807, 2.05) is 50.2 Å². The molecule has 0 bridgehead atoms. The summed E-state index contributed by atoms with van der Waals surface area (Å²) in [4.78, 5) is 30.0. The van der Waals surface area contributed by atoms with Gasteiger partial charge in [0, 0.05) is 17.2 Å². The van der Waals surface area contributed by atoms with Gasteiger partial charge < -0.3 is 9.15 Å². The lowest BCUT2D eigenvalue weighted by atomic mass is 10.0. The van der Waals surface area contributed by atoms with Gasteiger partial charge in [0.1, 0.15) is 22.7 Å². The number of thiazole rings is 1. The van der Waals surface area contributed by atoms with Crippen LogP contribution in [0.5, 0.6) is 0 Å². The van der Waals surface area contributed by atoms with Crippen molar-refractivity contribution in [3.05, 3.63) is 85.4 Å². The Labute approximate surface area is 180 Å². The topological polar surface area (TPSA) is 73.8 Å². The number of imidazole rings is 1. The summed E-state index contributed by atoms with van der Waals surface area (Å²) in [7, 11) is 0. The van der Waals surface area contributed by atoms with Crippen molar-refractivity contribution in [1.82, 2.24) is 9.38 Å². The molecule has 0 saturated carbocycles. The number of carbonyl (C=O) groups excluding carboxylic acids is 1. The maximum absolute atomic E-state index is 13.1. The fraction of sp³-hybridized carbons (Fsp3) is 0.125. The van der Waals surface area contributed by atoms with Crippen molar-refractivity contribution in [2.45, 2.75) is 20.5 Å². The highest BCUT2D eigenvalue weighted by Crippen LogP contribution is 2.28. The summed E-state index contributed by atoms with van der Waals surface area (Å²) >= 11 is 1.35. The normalized spacial score (nSPS) is 14.0. The molecule has 0 saturated heterocycles. The lowest BCUT2D eigenvalue weighted by molar-refractivity contribution is 0.0535. The fourth-order valence-electron chi connectivity index (χ4n) is 3.97. The molecule has 1 aliphatic heterocycles. The smallest absolute Gasteiger partial charge is 0.338 e. The first-order valence-corrected chi connectivity index (χ1v) is 10.6. The third kappa shape index (κ3) is 2.67. The molecule has 6 nitrogen and oxygen atoms in total. The number of carbonyl (C=O) groups is 1. The molecule has 5 aromatic rings. The first kappa shape index (κ1) is 18.1. The largest absolute Gasteiger partial charge is 0.457 e. The molecule has 4 heterocycles. The molecular weight excluding hydrogens is 412 g/mol. The molecule has 152 valence electrons. The van der Waals surface area contributed by atoms with E-state index < -0.39 is 0 Å². The Balaban J connectivity index is 1.43. The standard InChI is InChI=1S/C24H16N2O4S/c1-12-3-7-18-21(13(12)2)25-24-26(18)22(27)20(31-24)10-16-5-8-19(30-16)14-4-6-17-15(9-14)11-29-23(17)28/h3-10H,11H2,1-2H3/b20-10+. The van der Waals surface area contributed by atoms with E-state index in [0.29, 0.717) is 26.6 Å². The summed E-state index contributed by atoms with van der Waals surface area (Å²) in [5.41, 5.74) is 6.15. The zero-order valence-corrected chi connectivity index (χ0v) is 17.6. The fourth-order valence-corrected chi connectivity index (χ4v) is 4.93. The highest BCUT2D eigenvalue weighted by atomic mass is 32.1. The Morgan fingerprint density at radius 2 is 1.97 bits per heavy atom. The minimum atomic E-state index is -0.293. The molecule has 7 heteroatoms. The number of benzene rings is 2. The number of cyclic esters (lactones) is 1. The van der Waals surface area contributed by atoms with Crippen molar-refractivity contribution in [2.75, 3.05) is 0 Å². The van der Waals surface area contributed by atoms with Crippen LogP contribution in [0, 0.1) is 13.8 Å². The molecule has 0 atom stereocenters. The Bertz CT molecular complexity index is 1650. The van der Waals surface area contributed by atoms with Crippen molar-refractivity contribution in [1.29, 1.82) is 0 Å². The number of aryl methyl sites for hydroxylation is 2. The quantitative estimate of drug-likeness (QED) is 0.397. The molecule has 0 aliphatic carbocycles. The second-order valence-electron chi connectivity index (χ2n) is 7.67.